The van der Waals surface area contributed by atoms with Gasteiger partial charge in [-0.3, -0.25) is 14.9 Å². The first-order valence-electron chi connectivity index (χ1n) is 3.60. The predicted molar refractivity (Wildman–Crippen MR) is 53.7 cm³/mol. The highest BCUT2D eigenvalue weighted by Gasteiger charge is 1.98. The molecule has 1 amide bonds. The number of halogens is 1. The molecular weight excluding hydrogens is 206 g/mol. The minimum atomic E-state index is -0.861. The van der Waals surface area contributed by atoms with Gasteiger partial charge in [0, 0.05) is 6.20 Å². The molecule has 6 nitrogen and oxygen atoms in total. The van der Waals surface area contributed by atoms with Crippen LogP contribution in [0.1, 0.15) is 0 Å². The van der Waals surface area contributed by atoms with Gasteiger partial charge in [-0.25, -0.2) is 0 Å². The Bertz CT molecular complexity index is 436. The second-order valence-corrected chi connectivity index (χ2v) is 2.69. The van der Waals surface area contributed by atoms with Crippen LogP contribution in [0.2, 0.25) is 0 Å². The van der Waals surface area contributed by atoms with Crippen molar-refractivity contribution in [3.63, 3.8) is 0 Å². The lowest BCUT2D eigenvalue weighted by Gasteiger charge is -1.83. The van der Waals surface area contributed by atoms with Crippen LogP contribution in [0.15, 0.2) is 18.3 Å². The van der Waals surface area contributed by atoms with Crippen molar-refractivity contribution in [2.75, 3.05) is 5.73 Å². The lowest BCUT2D eigenvalue weighted by molar-refractivity contribution is 0.266. The summed E-state index contributed by atoms with van der Waals surface area (Å²) in [5.41, 5.74) is 11.3. The van der Waals surface area contributed by atoms with Crippen molar-refractivity contribution in [2.24, 2.45) is 5.73 Å². The number of aromatic nitrogens is 3. The Morgan fingerprint density at radius 1 is 1.57 bits per heavy atom. The topological polar surface area (TPSA) is 111 Å². The first-order valence-corrected chi connectivity index (χ1v) is 3.98. The summed E-state index contributed by atoms with van der Waals surface area (Å²) in [4.78, 5) is 13.0. The summed E-state index contributed by atoms with van der Waals surface area (Å²) in [5.74, 6) is 0.454. The molecule has 0 aliphatic carbocycles. The van der Waals surface area contributed by atoms with Crippen LogP contribution in [-0.2, 0) is 0 Å². The number of carbonyl (C=O) groups is 1. The Kier molecular flexibility index (Phi) is 3.24. The number of nitrogens with one attached hydrogen (secondary N) is 1. The standard InChI is InChI=1S/C6H6N4.CH2ClNO/c7-6-5-4(9-10-6)2-1-3-8-5;2-1(3)4/h1-3H,(H3,7,9,10);(H2,3,4). The second-order valence-electron chi connectivity index (χ2n) is 2.31. The minimum absolute atomic E-state index is 0.454. The van der Waals surface area contributed by atoms with Crippen LogP contribution >= 0.6 is 11.6 Å². The van der Waals surface area contributed by atoms with E-state index < -0.39 is 5.37 Å². The largest absolute Gasteiger partial charge is 0.380 e. The maximum Gasteiger partial charge on any atom is 0.311 e. The highest BCUT2D eigenvalue weighted by molar-refractivity contribution is 6.62. The number of pyridine rings is 1. The molecule has 0 aliphatic heterocycles. The molecule has 2 aromatic heterocycles. The Morgan fingerprint density at radius 3 is 2.79 bits per heavy atom. The van der Waals surface area contributed by atoms with Crippen LogP contribution in [0.4, 0.5) is 10.6 Å². The summed E-state index contributed by atoms with van der Waals surface area (Å²) >= 11 is 4.41. The van der Waals surface area contributed by atoms with Gasteiger partial charge in [-0.05, 0) is 23.7 Å². The fourth-order valence-electron chi connectivity index (χ4n) is 0.873. The third kappa shape index (κ3) is 2.60. The molecule has 0 aromatic carbocycles. The summed E-state index contributed by atoms with van der Waals surface area (Å²) in [6.07, 6.45) is 1.69. The number of aromatic amines is 1. The molecule has 2 heterocycles. The summed E-state index contributed by atoms with van der Waals surface area (Å²) in [7, 11) is 0. The van der Waals surface area contributed by atoms with Crippen molar-refractivity contribution in [2.45, 2.75) is 0 Å². The average molecular weight is 214 g/mol. The van der Waals surface area contributed by atoms with E-state index in [1.54, 1.807) is 6.20 Å². The smallest absolute Gasteiger partial charge is 0.311 e. The first-order chi connectivity index (χ1) is 6.61. The van der Waals surface area contributed by atoms with E-state index in [2.05, 4.69) is 32.5 Å². The molecule has 5 N–H and O–H groups in total. The maximum absolute atomic E-state index is 8.99. The summed E-state index contributed by atoms with van der Waals surface area (Å²) in [5, 5.41) is 5.68. The normalized spacial score (nSPS) is 9.21. The quantitative estimate of drug-likeness (QED) is 0.445. The number of nitrogens with two attached hydrogens (primary N) is 2. The van der Waals surface area contributed by atoms with Gasteiger partial charge in [0.05, 0.1) is 5.52 Å². The van der Waals surface area contributed by atoms with Crippen LogP contribution in [0.5, 0.6) is 0 Å². The lowest BCUT2D eigenvalue weighted by Crippen LogP contribution is -1.94. The molecule has 0 unspecified atom stereocenters. The van der Waals surface area contributed by atoms with E-state index in [0.29, 0.717) is 5.82 Å². The molecule has 0 saturated carbocycles. The van der Waals surface area contributed by atoms with Gasteiger partial charge in [0.15, 0.2) is 5.82 Å². The molecule has 2 rings (SSSR count). The van der Waals surface area contributed by atoms with E-state index in [1.807, 2.05) is 12.1 Å². The zero-order valence-corrected chi connectivity index (χ0v) is 7.82. The van der Waals surface area contributed by atoms with Gasteiger partial charge in [-0.1, -0.05) is 0 Å². The molecule has 7 heteroatoms. The van der Waals surface area contributed by atoms with Crippen molar-refractivity contribution >= 4 is 33.8 Å². The van der Waals surface area contributed by atoms with Gasteiger partial charge >= 0.3 is 5.37 Å². The van der Waals surface area contributed by atoms with E-state index >= 15 is 0 Å². The molecule has 0 saturated heterocycles. The zero-order valence-electron chi connectivity index (χ0n) is 7.07. The number of carbonyl (C=O) groups excluding carboxylic acids is 1. The second kappa shape index (κ2) is 4.43. The number of H-pyrrole nitrogens is 1. The van der Waals surface area contributed by atoms with E-state index in [0.717, 1.165) is 11.0 Å². The van der Waals surface area contributed by atoms with Crippen LogP contribution in [0.25, 0.3) is 11.0 Å². The molecule has 74 valence electrons. The molecular formula is C7H8ClN5O. The Labute approximate surface area is 84.2 Å². The SMILES string of the molecule is NC(=O)Cl.Nc1n[nH]c2cccnc12. The third-order valence-corrected chi connectivity index (χ3v) is 1.35. The predicted octanol–water partition coefficient (Wildman–Crippen LogP) is 0.844. The van der Waals surface area contributed by atoms with Crippen molar-refractivity contribution in [3.05, 3.63) is 18.3 Å². The van der Waals surface area contributed by atoms with Crippen LogP contribution in [0.3, 0.4) is 0 Å². The Balaban J connectivity index is 0.000000213. The number of hydrogen-bond donors (Lipinski definition) is 3. The number of fused-ring (bicyclic) bond motifs is 1. The highest BCUT2D eigenvalue weighted by Crippen LogP contribution is 2.12. The molecule has 0 radical (unpaired) electrons. The zero-order chi connectivity index (χ0) is 10.6. The molecule has 14 heavy (non-hydrogen) atoms. The Morgan fingerprint density at radius 2 is 2.21 bits per heavy atom. The van der Waals surface area contributed by atoms with Gasteiger partial charge in [0.25, 0.3) is 0 Å². The fraction of sp³-hybridized carbons (Fsp3) is 0. The van der Waals surface area contributed by atoms with E-state index in [-0.39, 0.29) is 0 Å². The number of anilines is 1. The molecule has 0 bridgehead atoms. The monoisotopic (exact) mass is 213 g/mol. The van der Waals surface area contributed by atoms with Gasteiger partial charge in [-0.2, -0.15) is 5.10 Å². The van der Waals surface area contributed by atoms with Crippen molar-refractivity contribution in [1.82, 2.24) is 15.2 Å². The summed E-state index contributed by atoms with van der Waals surface area (Å²) in [6, 6.07) is 3.71. The van der Waals surface area contributed by atoms with E-state index in [9.17, 15) is 0 Å². The van der Waals surface area contributed by atoms with E-state index in [1.165, 1.54) is 0 Å². The fourth-order valence-corrected chi connectivity index (χ4v) is 0.873. The van der Waals surface area contributed by atoms with Crippen molar-refractivity contribution in [3.8, 4) is 0 Å². The van der Waals surface area contributed by atoms with Gasteiger partial charge in [0.2, 0.25) is 0 Å². The minimum Gasteiger partial charge on any atom is -0.380 e. The summed E-state index contributed by atoms with van der Waals surface area (Å²) in [6.45, 7) is 0. The van der Waals surface area contributed by atoms with Crippen LogP contribution < -0.4 is 11.5 Å². The number of nitrogens with zero attached hydrogens (tertiary/aromatic N) is 2. The number of primary amides is 1. The lowest BCUT2D eigenvalue weighted by atomic mass is 10.4. The number of rotatable bonds is 0. The maximum atomic E-state index is 8.99. The Hall–Kier alpha value is -1.82. The summed E-state index contributed by atoms with van der Waals surface area (Å²) < 4.78 is 0. The van der Waals surface area contributed by atoms with Crippen molar-refractivity contribution < 1.29 is 4.79 Å². The molecule has 2 aromatic rings. The first kappa shape index (κ1) is 10.3. The number of nitrogen functional groups attached to an aromatic ring is 1. The number of amides is 1. The average Bonchev–Trinajstić information content (AvgIpc) is 2.48. The highest BCUT2D eigenvalue weighted by atomic mass is 35.5. The van der Waals surface area contributed by atoms with E-state index in [4.69, 9.17) is 10.5 Å². The number of hydrogen-bond acceptors (Lipinski definition) is 4. The van der Waals surface area contributed by atoms with Crippen LogP contribution in [-0.4, -0.2) is 20.5 Å². The third-order valence-electron chi connectivity index (χ3n) is 1.35. The van der Waals surface area contributed by atoms with Crippen molar-refractivity contribution in [1.29, 1.82) is 0 Å². The molecule has 0 spiro atoms. The molecule has 0 aliphatic rings. The van der Waals surface area contributed by atoms with Gasteiger partial charge in [0.1, 0.15) is 5.52 Å². The molecule has 0 fully saturated rings. The molecule has 0 atom stereocenters. The van der Waals surface area contributed by atoms with Gasteiger partial charge in [-0.15, -0.1) is 0 Å². The van der Waals surface area contributed by atoms with Gasteiger partial charge < -0.3 is 11.5 Å². The van der Waals surface area contributed by atoms with Crippen LogP contribution in [0, 0.1) is 0 Å².